The van der Waals surface area contributed by atoms with Crippen molar-refractivity contribution >= 4 is 22.9 Å². The van der Waals surface area contributed by atoms with E-state index in [1.807, 2.05) is 72.1 Å². The zero-order valence-corrected chi connectivity index (χ0v) is 17.2. The van der Waals surface area contributed by atoms with Crippen molar-refractivity contribution in [1.82, 2.24) is 5.32 Å². The van der Waals surface area contributed by atoms with Gasteiger partial charge in [-0.3, -0.25) is 4.79 Å². The summed E-state index contributed by atoms with van der Waals surface area (Å²) in [5, 5.41) is 8.70. The predicted molar refractivity (Wildman–Crippen MR) is 119 cm³/mol. The molecule has 1 aliphatic carbocycles. The molecule has 1 fully saturated rings. The van der Waals surface area contributed by atoms with E-state index in [2.05, 4.69) is 10.6 Å². The van der Waals surface area contributed by atoms with Crippen LogP contribution in [0.5, 0.6) is 11.5 Å². The molecule has 2 N–H and O–H groups in total. The van der Waals surface area contributed by atoms with Crippen molar-refractivity contribution in [1.29, 1.82) is 0 Å². The summed E-state index contributed by atoms with van der Waals surface area (Å²) in [7, 11) is 0. The highest BCUT2D eigenvalue weighted by atomic mass is 32.1. The quantitative estimate of drug-likeness (QED) is 0.495. The molecule has 0 bridgehead atoms. The Morgan fingerprint density at radius 2 is 1.69 bits per heavy atom. The molecule has 1 aliphatic rings. The molecule has 5 heteroatoms. The van der Waals surface area contributed by atoms with Gasteiger partial charge in [0.2, 0.25) is 5.91 Å². The van der Waals surface area contributed by atoms with Crippen LogP contribution in [0.3, 0.4) is 0 Å². The molecule has 1 amide bonds. The van der Waals surface area contributed by atoms with E-state index >= 15 is 0 Å². The number of hydrogen-bond acceptors (Lipinski definition) is 4. The third kappa shape index (κ3) is 5.18. The van der Waals surface area contributed by atoms with Crippen LogP contribution < -0.4 is 15.4 Å². The van der Waals surface area contributed by atoms with E-state index in [9.17, 15) is 4.79 Å². The monoisotopic (exact) mass is 406 g/mol. The Labute approximate surface area is 175 Å². The summed E-state index contributed by atoms with van der Waals surface area (Å²) in [5.41, 5.74) is 0.800. The minimum absolute atomic E-state index is 0.0221. The molecule has 29 heavy (non-hydrogen) atoms. The second-order valence-corrected chi connectivity index (χ2v) is 8.33. The lowest BCUT2D eigenvalue weighted by Crippen LogP contribution is -2.41. The molecule has 1 saturated carbocycles. The maximum atomic E-state index is 13.2. The van der Waals surface area contributed by atoms with Gasteiger partial charge in [-0.2, -0.15) is 0 Å². The van der Waals surface area contributed by atoms with Gasteiger partial charge in [0.15, 0.2) is 5.75 Å². The molecule has 4 nitrogen and oxygen atoms in total. The molecule has 0 aliphatic heterocycles. The Kier molecular flexibility index (Phi) is 6.47. The lowest BCUT2D eigenvalue weighted by Gasteiger charge is -2.26. The molecular weight excluding hydrogens is 380 g/mol. The van der Waals surface area contributed by atoms with Gasteiger partial charge in [0.1, 0.15) is 11.8 Å². The van der Waals surface area contributed by atoms with Gasteiger partial charge in [-0.1, -0.05) is 55.7 Å². The molecule has 0 radical (unpaired) electrons. The Balaban J connectivity index is 1.54. The first-order valence-corrected chi connectivity index (χ1v) is 11.1. The van der Waals surface area contributed by atoms with E-state index in [0.717, 1.165) is 29.2 Å². The average molecular weight is 407 g/mol. The van der Waals surface area contributed by atoms with Crippen LogP contribution in [0, 0.1) is 0 Å². The Morgan fingerprint density at radius 1 is 0.931 bits per heavy atom. The fraction of sp³-hybridized carbons (Fsp3) is 0.292. The fourth-order valence-corrected chi connectivity index (χ4v) is 4.47. The van der Waals surface area contributed by atoms with Crippen LogP contribution in [0.15, 0.2) is 72.1 Å². The van der Waals surface area contributed by atoms with Crippen LogP contribution in [-0.2, 0) is 4.79 Å². The van der Waals surface area contributed by atoms with Gasteiger partial charge in [0.05, 0.1) is 5.69 Å². The SMILES string of the molecule is O=C(NC1CCCCC1)C(Nc1ccccc1Oc1ccccc1)c1cccs1. The number of carbonyl (C=O) groups is 1. The van der Waals surface area contributed by atoms with Crippen molar-refractivity contribution in [3.8, 4) is 11.5 Å². The molecule has 0 spiro atoms. The normalized spacial score (nSPS) is 15.4. The van der Waals surface area contributed by atoms with Gasteiger partial charge in [0, 0.05) is 10.9 Å². The number of para-hydroxylation sites is 3. The second kappa shape index (κ2) is 9.61. The lowest BCUT2D eigenvalue weighted by atomic mass is 9.95. The number of benzene rings is 2. The first kappa shape index (κ1) is 19.5. The topological polar surface area (TPSA) is 50.4 Å². The van der Waals surface area contributed by atoms with Crippen molar-refractivity contribution in [2.75, 3.05) is 5.32 Å². The molecule has 4 rings (SSSR count). The molecule has 1 heterocycles. The highest BCUT2D eigenvalue weighted by Crippen LogP contribution is 2.33. The summed E-state index contributed by atoms with van der Waals surface area (Å²) in [4.78, 5) is 14.2. The van der Waals surface area contributed by atoms with Gasteiger partial charge >= 0.3 is 0 Å². The summed E-state index contributed by atoms with van der Waals surface area (Å²) in [5.74, 6) is 1.49. The number of ether oxygens (including phenoxy) is 1. The van der Waals surface area contributed by atoms with E-state index < -0.39 is 6.04 Å². The maximum Gasteiger partial charge on any atom is 0.248 e. The average Bonchev–Trinajstić information content (AvgIpc) is 3.29. The fourth-order valence-electron chi connectivity index (χ4n) is 3.70. The Bertz CT molecular complexity index is 906. The molecule has 1 unspecified atom stereocenters. The summed E-state index contributed by atoms with van der Waals surface area (Å²) in [6.45, 7) is 0. The number of thiophene rings is 1. The van der Waals surface area contributed by atoms with Crippen molar-refractivity contribution < 1.29 is 9.53 Å². The first-order chi connectivity index (χ1) is 14.3. The predicted octanol–water partition coefficient (Wildman–Crippen LogP) is 6.14. The van der Waals surface area contributed by atoms with Gasteiger partial charge in [0.25, 0.3) is 0 Å². The third-order valence-corrected chi connectivity index (χ3v) is 6.14. The number of hydrogen-bond donors (Lipinski definition) is 2. The lowest BCUT2D eigenvalue weighted by molar-refractivity contribution is -0.122. The minimum atomic E-state index is -0.447. The van der Waals surface area contributed by atoms with Crippen molar-refractivity contribution in [3.05, 3.63) is 77.0 Å². The summed E-state index contributed by atoms with van der Waals surface area (Å²) in [6, 6.07) is 21.2. The first-order valence-electron chi connectivity index (χ1n) is 10.2. The number of rotatable bonds is 7. The molecule has 1 atom stereocenters. The minimum Gasteiger partial charge on any atom is -0.455 e. The van der Waals surface area contributed by atoms with Crippen molar-refractivity contribution in [3.63, 3.8) is 0 Å². The molecule has 3 aromatic rings. The summed E-state index contributed by atoms with van der Waals surface area (Å²) >= 11 is 1.59. The Morgan fingerprint density at radius 3 is 2.45 bits per heavy atom. The standard InChI is InChI=1S/C24H26N2O2S/c27-24(25-18-10-3-1-4-11-18)23(22-16-9-17-29-22)26-20-14-7-8-15-21(20)28-19-12-5-2-6-13-19/h2,5-9,12-18,23,26H,1,3-4,10-11H2,(H,25,27). The molecule has 1 aromatic heterocycles. The highest BCUT2D eigenvalue weighted by molar-refractivity contribution is 7.10. The van der Waals surface area contributed by atoms with E-state index in [1.54, 1.807) is 11.3 Å². The van der Waals surface area contributed by atoms with E-state index in [1.165, 1.54) is 19.3 Å². The zero-order chi connectivity index (χ0) is 19.9. The van der Waals surface area contributed by atoms with Crippen LogP contribution in [0.25, 0.3) is 0 Å². The molecule has 150 valence electrons. The second-order valence-electron chi connectivity index (χ2n) is 7.35. The highest BCUT2D eigenvalue weighted by Gasteiger charge is 2.25. The third-order valence-electron chi connectivity index (χ3n) is 5.20. The van der Waals surface area contributed by atoms with Crippen LogP contribution >= 0.6 is 11.3 Å². The van der Waals surface area contributed by atoms with Crippen LogP contribution in [0.2, 0.25) is 0 Å². The van der Waals surface area contributed by atoms with Crippen molar-refractivity contribution in [2.45, 2.75) is 44.2 Å². The summed E-state index contributed by atoms with van der Waals surface area (Å²) < 4.78 is 6.07. The molecular formula is C24H26N2O2S. The number of nitrogens with one attached hydrogen (secondary N) is 2. The van der Waals surface area contributed by atoms with Crippen LogP contribution in [0.1, 0.15) is 43.0 Å². The Hall–Kier alpha value is -2.79. The van der Waals surface area contributed by atoms with E-state index in [4.69, 9.17) is 4.74 Å². The number of amides is 1. The van der Waals surface area contributed by atoms with Gasteiger partial charge in [-0.05, 0) is 48.6 Å². The largest absolute Gasteiger partial charge is 0.455 e. The number of anilines is 1. The number of carbonyl (C=O) groups excluding carboxylic acids is 1. The van der Waals surface area contributed by atoms with Crippen LogP contribution in [-0.4, -0.2) is 11.9 Å². The molecule has 2 aromatic carbocycles. The maximum absolute atomic E-state index is 13.2. The van der Waals surface area contributed by atoms with Gasteiger partial charge < -0.3 is 15.4 Å². The van der Waals surface area contributed by atoms with E-state index in [0.29, 0.717) is 5.75 Å². The van der Waals surface area contributed by atoms with Crippen molar-refractivity contribution in [2.24, 2.45) is 0 Å². The van der Waals surface area contributed by atoms with Gasteiger partial charge in [-0.25, -0.2) is 0 Å². The molecule has 0 saturated heterocycles. The smallest absolute Gasteiger partial charge is 0.248 e. The summed E-state index contributed by atoms with van der Waals surface area (Å²) in [6.07, 6.45) is 5.78. The van der Waals surface area contributed by atoms with E-state index in [-0.39, 0.29) is 11.9 Å². The van der Waals surface area contributed by atoms with Gasteiger partial charge in [-0.15, -0.1) is 11.3 Å². The zero-order valence-electron chi connectivity index (χ0n) is 16.3. The van der Waals surface area contributed by atoms with Crippen LogP contribution in [0.4, 0.5) is 5.69 Å².